The topological polar surface area (TPSA) is 60.4 Å². The minimum atomic E-state index is -1.05. The Morgan fingerprint density at radius 1 is 1.37 bits per heavy atom. The standard InChI is InChI=1S/C15H20O3.Na/c1-10(15(17)18)12-7-5-11(6-8-12)9-13-3-2-4-14(13)16;/h5-8,10,13-14,16H,2-4,9H2,1H3,(H,17,18);/q;+1/p-1/t10?,13-,14+;/m0./s1. The van der Waals surface area contributed by atoms with Crippen LogP contribution in [0, 0.1) is 5.92 Å². The molecule has 0 bridgehead atoms. The van der Waals surface area contributed by atoms with Gasteiger partial charge in [0.25, 0.3) is 0 Å². The van der Waals surface area contributed by atoms with Crippen molar-refractivity contribution in [2.24, 2.45) is 5.92 Å². The second kappa shape index (κ2) is 7.44. The molecule has 1 aromatic carbocycles. The molecule has 98 valence electrons. The van der Waals surface area contributed by atoms with Crippen molar-refractivity contribution in [3.8, 4) is 0 Å². The number of carboxylic acids is 1. The van der Waals surface area contributed by atoms with Gasteiger partial charge in [0.05, 0.1) is 6.10 Å². The van der Waals surface area contributed by atoms with Gasteiger partial charge in [-0.2, -0.15) is 0 Å². The van der Waals surface area contributed by atoms with E-state index < -0.39 is 11.9 Å². The Labute approximate surface area is 136 Å². The first kappa shape index (κ1) is 16.7. The number of aliphatic hydroxyl groups excluding tert-OH is 1. The molecule has 0 heterocycles. The van der Waals surface area contributed by atoms with Gasteiger partial charge >= 0.3 is 29.6 Å². The van der Waals surface area contributed by atoms with E-state index in [1.54, 1.807) is 6.92 Å². The van der Waals surface area contributed by atoms with Gasteiger partial charge in [-0.05, 0) is 36.3 Å². The molecule has 0 radical (unpaired) electrons. The second-order valence-corrected chi connectivity index (χ2v) is 5.24. The van der Waals surface area contributed by atoms with E-state index in [2.05, 4.69) is 0 Å². The second-order valence-electron chi connectivity index (χ2n) is 5.24. The molecule has 3 atom stereocenters. The van der Waals surface area contributed by atoms with Crippen LogP contribution in [0.5, 0.6) is 0 Å². The molecule has 0 spiro atoms. The van der Waals surface area contributed by atoms with Crippen LogP contribution >= 0.6 is 0 Å². The minimum absolute atomic E-state index is 0. The largest absolute Gasteiger partial charge is 1.00 e. The van der Waals surface area contributed by atoms with Gasteiger partial charge in [0.1, 0.15) is 0 Å². The first-order valence-corrected chi connectivity index (χ1v) is 6.55. The van der Waals surface area contributed by atoms with Gasteiger partial charge in [0, 0.05) is 11.9 Å². The molecule has 1 N–H and O–H groups in total. The number of rotatable bonds is 4. The maximum Gasteiger partial charge on any atom is 1.00 e. The summed E-state index contributed by atoms with van der Waals surface area (Å²) in [6.07, 6.45) is 3.79. The first-order chi connectivity index (χ1) is 8.58. The molecule has 0 aromatic heterocycles. The Morgan fingerprint density at radius 2 is 2.00 bits per heavy atom. The molecule has 0 amide bonds. The number of benzene rings is 1. The zero-order valence-corrected chi connectivity index (χ0v) is 13.6. The number of aliphatic hydroxyl groups is 1. The normalized spacial score (nSPS) is 23.7. The average molecular weight is 270 g/mol. The Hall–Kier alpha value is -0.350. The third-order valence-corrected chi connectivity index (χ3v) is 3.95. The van der Waals surface area contributed by atoms with Crippen LogP contribution in [-0.2, 0) is 11.2 Å². The third kappa shape index (κ3) is 4.32. The molecule has 0 saturated heterocycles. The van der Waals surface area contributed by atoms with Gasteiger partial charge in [-0.1, -0.05) is 37.6 Å². The van der Waals surface area contributed by atoms with Crippen molar-refractivity contribution in [1.29, 1.82) is 0 Å². The average Bonchev–Trinajstić information content (AvgIpc) is 2.75. The van der Waals surface area contributed by atoms with E-state index >= 15 is 0 Å². The van der Waals surface area contributed by atoms with Gasteiger partial charge in [-0.15, -0.1) is 0 Å². The number of hydrogen-bond acceptors (Lipinski definition) is 3. The van der Waals surface area contributed by atoms with Crippen molar-refractivity contribution in [2.45, 2.75) is 44.6 Å². The van der Waals surface area contributed by atoms with Crippen LogP contribution in [-0.4, -0.2) is 17.2 Å². The predicted molar refractivity (Wildman–Crippen MR) is 66.9 cm³/mol. The molecule has 1 aliphatic carbocycles. The van der Waals surface area contributed by atoms with Crippen LogP contribution in [0.3, 0.4) is 0 Å². The van der Waals surface area contributed by atoms with Crippen molar-refractivity contribution >= 4 is 5.97 Å². The molecule has 19 heavy (non-hydrogen) atoms. The summed E-state index contributed by atoms with van der Waals surface area (Å²) in [6, 6.07) is 7.61. The zero-order valence-electron chi connectivity index (χ0n) is 11.6. The van der Waals surface area contributed by atoms with E-state index in [0.29, 0.717) is 5.92 Å². The van der Waals surface area contributed by atoms with E-state index in [1.165, 1.54) is 0 Å². The van der Waals surface area contributed by atoms with E-state index in [1.807, 2.05) is 24.3 Å². The number of hydrogen-bond donors (Lipinski definition) is 1. The van der Waals surface area contributed by atoms with Crippen molar-refractivity contribution in [1.82, 2.24) is 0 Å². The Balaban J connectivity index is 0.00000180. The van der Waals surface area contributed by atoms with E-state index in [9.17, 15) is 15.0 Å². The van der Waals surface area contributed by atoms with Gasteiger partial charge in [0.15, 0.2) is 0 Å². The molecule has 1 aliphatic rings. The maximum absolute atomic E-state index is 10.8. The molecular formula is C15H19NaO3. The molecule has 2 rings (SSSR count). The van der Waals surface area contributed by atoms with Gasteiger partial charge < -0.3 is 15.0 Å². The first-order valence-electron chi connectivity index (χ1n) is 6.55. The molecule has 3 nitrogen and oxygen atoms in total. The maximum atomic E-state index is 10.8. The monoisotopic (exact) mass is 270 g/mol. The Kier molecular flexibility index (Phi) is 6.54. The van der Waals surface area contributed by atoms with Crippen LogP contribution in [0.25, 0.3) is 0 Å². The quantitative estimate of drug-likeness (QED) is 0.660. The summed E-state index contributed by atoms with van der Waals surface area (Å²) in [5, 5.41) is 20.5. The fraction of sp³-hybridized carbons (Fsp3) is 0.533. The number of aliphatic carboxylic acids is 1. The molecule has 1 aromatic rings. The summed E-state index contributed by atoms with van der Waals surface area (Å²) < 4.78 is 0. The molecule has 4 heteroatoms. The van der Waals surface area contributed by atoms with Gasteiger partial charge in [-0.25, -0.2) is 0 Å². The SMILES string of the molecule is CC(C(=O)[O-])c1ccc(C[C@@H]2CCC[C@H]2O)cc1.[Na+]. The van der Waals surface area contributed by atoms with Crippen molar-refractivity contribution in [3.05, 3.63) is 35.4 Å². The van der Waals surface area contributed by atoms with Crippen molar-refractivity contribution in [2.75, 3.05) is 0 Å². The summed E-state index contributed by atoms with van der Waals surface area (Å²) in [6.45, 7) is 1.63. The fourth-order valence-electron chi connectivity index (χ4n) is 2.64. The summed E-state index contributed by atoms with van der Waals surface area (Å²) in [5.41, 5.74) is 1.93. The van der Waals surface area contributed by atoms with Gasteiger partial charge in [-0.3, -0.25) is 0 Å². The zero-order chi connectivity index (χ0) is 13.1. The van der Waals surface area contributed by atoms with E-state index in [0.717, 1.165) is 36.8 Å². The third-order valence-electron chi connectivity index (χ3n) is 3.95. The Bertz CT molecular complexity index is 416. The number of carboxylic acid groups (broad SMARTS) is 1. The summed E-state index contributed by atoms with van der Waals surface area (Å²) in [7, 11) is 0. The van der Waals surface area contributed by atoms with E-state index in [4.69, 9.17) is 0 Å². The van der Waals surface area contributed by atoms with Crippen LogP contribution in [0.4, 0.5) is 0 Å². The van der Waals surface area contributed by atoms with Crippen molar-refractivity contribution in [3.63, 3.8) is 0 Å². The fourth-order valence-corrected chi connectivity index (χ4v) is 2.64. The van der Waals surface area contributed by atoms with Gasteiger partial charge in [0.2, 0.25) is 0 Å². The van der Waals surface area contributed by atoms with Crippen LogP contribution < -0.4 is 34.7 Å². The van der Waals surface area contributed by atoms with E-state index in [-0.39, 0.29) is 35.7 Å². The molecule has 1 unspecified atom stereocenters. The van der Waals surface area contributed by atoms with Crippen molar-refractivity contribution < 1.29 is 44.6 Å². The van der Waals surface area contributed by atoms with Crippen LogP contribution in [0.2, 0.25) is 0 Å². The van der Waals surface area contributed by atoms with Crippen LogP contribution in [0.1, 0.15) is 43.2 Å². The summed E-state index contributed by atoms with van der Waals surface area (Å²) in [5.74, 6) is -1.26. The molecular weight excluding hydrogens is 251 g/mol. The van der Waals surface area contributed by atoms with Crippen LogP contribution in [0.15, 0.2) is 24.3 Å². The molecule has 0 aliphatic heterocycles. The smallest absolute Gasteiger partial charge is 0.550 e. The minimum Gasteiger partial charge on any atom is -0.550 e. The molecule has 1 saturated carbocycles. The Morgan fingerprint density at radius 3 is 2.47 bits per heavy atom. The molecule has 1 fully saturated rings. The number of carbonyl (C=O) groups is 1. The summed E-state index contributed by atoms with van der Waals surface area (Å²) >= 11 is 0. The summed E-state index contributed by atoms with van der Waals surface area (Å²) in [4.78, 5) is 10.8. The number of carbonyl (C=O) groups excluding carboxylic acids is 1. The predicted octanol–water partition coefficient (Wildman–Crippen LogP) is -1.75.